The van der Waals surface area contributed by atoms with Crippen molar-refractivity contribution in [3.63, 3.8) is 0 Å². The van der Waals surface area contributed by atoms with Crippen molar-refractivity contribution < 1.29 is 19.0 Å². The minimum atomic E-state index is -1.05. The van der Waals surface area contributed by atoms with E-state index in [0.717, 1.165) is 37.8 Å². The Labute approximate surface area is 111 Å². The third kappa shape index (κ3) is 3.29. The molecule has 0 amide bonds. The molecule has 1 aliphatic rings. The van der Waals surface area contributed by atoms with Crippen LogP contribution in [0.25, 0.3) is 0 Å². The molecule has 0 heterocycles. The molecule has 3 N–H and O–H groups in total. The summed E-state index contributed by atoms with van der Waals surface area (Å²) < 4.78 is 26.3. The highest BCUT2D eigenvalue weighted by atomic mass is 19.1. The van der Waals surface area contributed by atoms with E-state index >= 15 is 0 Å². The third-order valence-corrected chi connectivity index (χ3v) is 3.86. The summed E-state index contributed by atoms with van der Waals surface area (Å²) in [5, 5.41) is 22.5. The van der Waals surface area contributed by atoms with E-state index in [9.17, 15) is 19.0 Å². The van der Waals surface area contributed by atoms with Gasteiger partial charge in [0.05, 0.1) is 12.7 Å². The van der Waals surface area contributed by atoms with E-state index in [4.69, 9.17) is 0 Å². The number of rotatable bonds is 5. The number of halogens is 2. The summed E-state index contributed by atoms with van der Waals surface area (Å²) in [4.78, 5) is 0. The number of aliphatic hydroxyl groups is 2. The predicted molar refractivity (Wildman–Crippen MR) is 67.6 cm³/mol. The van der Waals surface area contributed by atoms with Crippen LogP contribution in [-0.4, -0.2) is 28.9 Å². The fourth-order valence-electron chi connectivity index (χ4n) is 2.64. The molecule has 2 rings (SSSR count). The van der Waals surface area contributed by atoms with Crippen molar-refractivity contribution in [1.29, 1.82) is 0 Å². The summed E-state index contributed by atoms with van der Waals surface area (Å²) in [5.74, 6) is -1.41. The van der Waals surface area contributed by atoms with Crippen molar-refractivity contribution in [2.24, 2.45) is 0 Å². The second-order valence-corrected chi connectivity index (χ2v) is 5.21. The first-order valence-electron chi connectivity index (χ1n) is 6.55. The maximum Gasteiger partial charge on any atom is 0.131 e. The van der Waals surface area contributed by atoms with Crippen LogP contribution >= 0.6 is 0 Å². The van der Waals surface area contributed by atoms with Crippen LogP contribution in [0.5, 0.6) is 0 Å². The molecule has 19 heavy (non-hydrogen) atoms. The van der Waals surface area contributed by atoms with Gasteiger partial charge in [-0.3, -0.25) is 0 Å². The van der Waals surface area contributed by atoms with Gasteiger partial charge in [-0.2, -0.15) is 0 Å². The molecule has 1 fully saturated rings. The molecule has 3 nitrogen and oxygen atoms in total. The van der Waals surface area contributed by atoms with Gasteiger partial charge in [-0.05, 0) is 18.9 Å². The number of nitrogens with one attached hydrogen (secondary N) is 1. The smallest absolute Gasteiger partial charge is 0.131 e. The van der Waals surface area contributed by atoms with Crippen molar-refractivity contribution >= 4 is 0 Å². The Bertz CT molecular complexity index is 433. The zero-order valence-corrected chi connectivity index (χ0v) is 10.7. The van der Waals surface area contributed by atoms with E-state index in [0.29, 0.717) is 0 Å². The first-order valence-corrected chi connectivity index (χ1v) is 6.55. The van der Waals surface area contributed by atoms with Crippen molar-refractivity contribution in [2.75, 3.05) is 13.2 Å². The van der Waals surface area contributed by atoms with Crippen molar-refractivity contribution in [2.45, 2.75) is 37.3 Å². The van der Waals surface area contributed by atoms with Gasteiger partial charge in [0.25, 0.3) is 0 Å². The molecule has 1 aliphatic carbocycles. The second kappa shape index (κ2) is 5.94. The number of hydrogen-bond donors (Lipinski definition) is 3. The normalized spacial score (nSPS) is 19.6. The van der Waals surface area contributed by atoms with Gasteiger partial charge in [0.15, 0.2) is 0 Å². The van der Waals surface area contributed by atoms with Gasteiger partial charge < -0.3 is 15.5 Å². The molecule has 1 atom stereocenters. The largest absolute Gasteiger partial charge is 0.394 e. The van der Waals surface area contributed by atoms with Crippen molar-refractivity contribution in [3.05, 3.63) is 35.4 Å². The Balaban J connectivity index is 1.99. The van der Waals surface area contributed by atoms with Gasteiger partial charge in [-0.15, -0.1) is 0 Å². The zero-order chi connectivity index (χ0) is 13.9. The summed E-state index contributed by atoms with van der Waals surface area (Å²) in [6.45, 7) is 0.148. The van der Waals surface area contributed by atoms with Crippen molar-refractivity contribution in [1.82, 2.24) is 5.32 Å². The lowest BCUT2D eigenvalue weighted by Gasteiger charge is -2.29. The highest BCUT2D eigenvalue weighted by molar-refractivity contribution is 5.21. The first kappa shape index (κ1) is 14.4. The van der Waals surface area contributed by atoms with E-state index in [1.165, 1.54) is 6.07 Å². The molecule has 0 radical (unpaired) electrons. The number of benzene rings is 1. The molecule has 0 saturated heterocycles. The van der Waals surface area contributed by atoms with E-state index in [2.05, 4.69) is 5.32 Å². The summed E-state index contributed by atoms with van der Waals surface area (Å²) >= 11 is 0. The molecule has 1 aromatic carbocycles. The molecule has 0 spiro atoms. The van der Waals surface area contributed by atoms with Crippen LogP contribution < -0.4 is 5.32 Å². The molecule has 0 aromatic heterocycles. The standard InChI is InChI=1S/C14H19F2NO2/c15-10-3-4-11(12(16)7-10)13(19)8-17-14(9-18)5-1-2-6-14/h3-4,7,13,17-19H,1-2,5-6,8-9H2. The second-order valence-electron chi connectivity index (χ2n) is 5.21. The van der Waals surface area contributed by atoms with Crippen LogP contribution in [0.1, 0.15) is 37.4 Å². The molecule has 1 unspecified atom stereocenters. The summed E-state index contributed by atoms with van der Waals surface area (Å²) in [6.07, 6.45) is 2.72. The summed E-state index contributed by atoms with van der Waals surface area (Å²) in [6, 6.07) is 3.13. The molecule has 1 saturated carbocycles. The fourth-order valence-corrected chi connectivity index (χ4v) is 2.64. The first-order chi connectivity index (χ1) is 9.06. The van der Waals surface area contributed by atoms with Gasteiger partial charge in [0.2, 0.25) is 0 Å². The molecule has 0 bridgehead atoms. The van der Waals surface area contributed by atoms with Gasteiger partial charge in [-0.25, -0.2) is 8.78 Å². The lowest BCUT2D eigenvalue weighted by atomic mass is 9.98. The fraction of sp³-hybridized carbons (Fsp3) is 0.571. The van der Waals surface area contributed by atoms with E-state index < -0.39 is 17.7 Å². The van der Waals surface area contributed by atoms with Crippen LogP contribution in [0.4, 0.5) is 8.78 Å². The molecule has 5 heteroatoms. The molecule has 0 aliphatic heterocycles. The minimum Gasteiger partial charge on any atom is -0.394 e. The van der Waals surface area contributed by atoms with E-state index in [1.54, 1.807) is 0 Å². The molecular formula is C14H19F2NO2. The average molecular weight is 271 g/mol. The van der Waals surface area contributed by atoms with Crippen LogP contribution in [0.15, 0.2) is 18.2 Å². The highest BCUT2D eigenvalue weighted by Crippen LogP contribution is 2.29. The van der Waals surface area contributed by atoms with E-state index in [-0.39, 0.29) is 24.3 Å². The van der Waals surface area contributed by atoms with Crippen LogP contribution in [0.2, 0.25) is 0 Å². The van der Waals surface area contributed by atoms with Crippen molar-refractivity contribution in [3.8, 4) is 0 Å². The topological polar surface area (TPSA) is 52.5 Å². The van der Waals surface area contributed by atoms with Crippen LogP contribution in [-0.2, 0) is 0 Å². The quantitative estimate of drug-likeness (QED) is 0.766. The average Bonchev–Trinajstić information content (AvgIpc) is 2.85. The lowest BCUT2D eigenvalue weighted by molar-refractivity contribution is 0.120. The SMILES string of the molecule is OCC1(NCC(O)c2ccc(F)cc2F)CCCC1. The van der Waals surface area contributed by atoms with Gasteiger partial charge in [0.1, 0.15) is 11.6 Å². The lowest BCUT2D eigenvalue weighted by Crippen LogP contribution is -2.47. The molecule has 106 valence electrons. The summed E-state index contributed by atoms with van der Waals surface area (Å²) in [7, 11) is 0. The Hall–Kier alpha value is -1.04. The molecule has 1 aromatic rings. The predicted octanol–water partition coefficient (Wildman–Crippen LogP) is 1.89. The maximum absolute atomic E-state index is 13.5. The Morgan fingerprint density at radius 2 is 1.95 bits per heavy atom. The van der Waals surface area contributed by atoms with Gasteiger partial charge >= 0.3 is 0 Å². The Kier molecular flexibility index (Phi) is 4.50. The number of aliphatic hydroxyl groups excluding tert-OH is 2. The minimum absolute atomic E-state index is 0.00558. The zero-order valence-electron chi connectivity index (χ0n) is 10.7. The summed E-state index contributed by atoms with van der Waals surface area (Å²) in [5.41, 5.74) is -0.294. The number of hydrogen-bond acceptors (Lipinski definition) is 3. The Morgan fingerprint density at radius 1 is 1.26 bits per heavy atom. The van der Waals surface area contributed by atoms with Crippen LogP contribution in [0, 0.1) is 11.6 Å². The Morgan fingerprint density at radius 3 is 2.53 bits per heavy atom. The third-order valence-electron chi connectivity index (χ3n) is 3.86. The van der Waals surface area contributed by atoms with Crippen LogP contribution in [0.3, 0.4) is 0 Å². The maximum atomic E-state index is 13.5. The van der Waals surface area contributed by atoms with Gasteiger partial charge in [0, 0.05) is 23.7 Å². The number of β-amino-alcohol motifs (C(OH)–C–C–N with tert-alkyl or cyclic N) is 1. The highest BCUT2D eigenvalue weighted by Gasteiger charge is 2.33. The van der Waals surface area contributed by atoms with Gasteiger partial charge in [-0.1, -0.05) is 18.9 Å². The monoisotopic (exact) mass is 271 g/mol. The van der Waals surface area contributed by atoms with E-state index in [1.807, 2.05) is 0 Å². The molecular weight excluding hydrogens is 252 g/mol.